The Morgan fingerprint density at radius 1 is 1.32 bits per heavy atom. The van der Waals surface area contributed by atoms with Gasteiger partial charge in [0.1, 0.15) is 15.6 Å². The standard InChI is InChI=1S/C14H17N5O5S/c1-3-18(4-2)25(22,23)12-6-7-13(15-10-12)17-16-9-11-5-8-14(24-11)19(20)21/h5-10H,3-4H2,1-2H3,(H,15,17)/b16-9+. The van der Waals surface area contributed by atoms with Crippen molar-refractivity contribution in [2.24, 2.45) is 5.10 Å². The van der Waals surface area contributed by atoms with Gasteiger partial charge in [-0.1, -0.05) is 13.8 Å². The van der Waals surface area contributed by atoms with Crippen molar-refractivity contribution in [2.45, 2.75) is 18.7 Å². The number of sulfonamides is 1. The highest BCUT2D eigenvalue weighted by Gasteiger charge is 2.21. The highest BCUT2D eigenvalue weighted by atomic mass is 32.2. The lowest BCUT2D eigenvalue weighted by atomic mass is 10.5. The lowest BCUT2D eigenvalue weighted by Gasteiger charge is -2.18. The first-order valence-electron chi connectivity index (χ1n) is 7.38. The number of nitro groups is 1. The van der Waals surface area contributed by atoms with E-state index in [0.717, 1.165) is 0 Å². The van der Waals surface area contributed by atoms with E-state index in [9.17, 15) is 18.5 Å². The maximum absolute atomic E-state index is 12.3. The molecule has 0 aromatic carbocycles. The zero-order chi connectivity index (χ0) is 18.4. The fourth-order valence-corrected chi connectivity index (χ4v) is 3.39. The largest absolute Gasteiger partial charge is 0.433 e. The van der Waals surface area contributed by atoms with Gasteiger partial charge in [0.05, 0.1) is 12.3 Å². The summed E-state index contributed by atoms with van der Waals surface area (Å²) in [4.78, 5) is 13.9. The van der Waals surface area contributed by atoms with Gasteiger partial charge in [0.15, 0.2) is 5.76 Å². The molecule has 0 fully saturated rings. The van der Waals surface area contributed by atoms with Crippen LogP contribution in [0.25, 0.3) is 0 Å². The van der Waals surface area contributed by atoms with Crippen molar-refractivity contribution in [3.05, 3.63) is 46.3 Å². The predicted molar refractivity (Wildman–Crippen MR) is 90.9 cm³/mol. The SMILES string of the molecule is CCN(CC)S(=O)(=O)c1ccc(N/N=C/c2ccc([N+](=O)[O-])o2)nc1. The van der Waals surface area contributed by atoms with E-state index < -0.39 is 14.9 Å². The average molecular weight is 367 g/mol. The van der Waals surface area contributed by atoms with Gasteiger partial charge in [-0.15, -0.1) is 0 Å². The summed E-state index contributed by atoms with van der Waals surface area (Å²) < 4.78 is 30.9. The van der Waals surface area contributed by atoms with Crippen molar-refractivity contribution in [1.29, 1.82) is 0 Å². The Hall–Kier alpha value is -2.79. The van der Waals surface area contributed by atoms with Crippen LogP contribution < -0.4 is 5.43 Å². The molecule has 0 saturated heterocycles. The van der Waals surface area contributed by atoms with E-state index in [-0.39, 0.29) is 16.5 Å². The summed E-state index contributed by atoms with van der Waals surface area (Å²) in [5.74, 6) is 0.126. The first kappa shape index (κ1) is 18.5. The Labute approximate surface area is 144 Å². The fraction of sp³-hybridized carbons (Fsp3) is 0.286. The summed E-state index contributed by atoms with van der Waals surface area (Å²) in [6.45, 7) is 4.27. The molecule has 0 aliphatic rings. The van der Waals surface area contributed by atoms with E-state index in [2.05, 4.69) is 15.5 Å². The number of furan rings is 1. The molecule has 2 rings (SSSR count). The van der Waals surface area contributed by atoms with Crippen LogP contribution in [0.1, 0.15) is 19.6 Å². The number of anilines is 1. The van der Waals surface area contributed by atoms with Crippen LogP contribution in [-0.4, -0.2) is 41.9 Å². The summed E-state index contributed by atoms with van der Waals surface area (Å²) in [5.41, 5.74) is 2.59. The number of nitrogens with one attached hydrogen (secondary N) is 1. The van der Waals surface area contributed by atoms with Gasteiger partial charge in [-0.2, -0.15) is 9.41 Å². The average Bonchev–Trinajstić information content (AvgIpc) is 3.05. The first-order chi connectivity index (χ1) is 11.9. The molecule has 0 aliphatic carbocycles. The molecule has 2 aromatic heterocycles. The van der Waals surface area contributed by atoms with Crippen LogP contribution in [0.4, 0.5) is 11.7 Å². The van der Waals surface area contributed by atoms with Crippen molar-refractivity contribution < 1.29 is 17.8 Å². The van der Waals surface area contributed by atoms with Gasteiger partial charge < -0.3 is 4.42 Å². The van der Waals surface area contributed by atoms with Crippen LogP contribution in [-0.2, 0) is 10.0 Å². The van der Waals surface area contributed by atoms with Crippen molar-refractivity contribution in [3.63, 3.8) is 0 Å². The second kappa shape index (κ2) is 7.85. The van der Waals surface area contributed by atoms with Gasteiger partial charge in [-0.05, 0) is 18.2 Å². The third-order valence-corrected chi connectivity index (χ3v) is 5.28. The Kier molecular flexibility index (Phi) is 5.83. The normalized spacial score (nSPS) is 12.0. The summed E-state index contributed by atoms with van der Waals surface area (Å²) in [7, 11) is -3.56. The van der Waals surface area contributed by atoms with Gasteiger partial charge in [0.25, 0.3) is 0 Å². The minimum absolute atomic E-state index is 0.0902. The molecule has 0 aliphatic heterocycles. The molecule has 2 aromatic rings. The quantitative estimate of drug-likeness (QED) is 0.429. The lowest BCUT2D eigenvalue weighted by Crippen LogP contribution is -2.30. The number of rotatable bonds is 8. The number of aromatic nitrogens is 1. The third kappa shape index (κ3) is 4.39. The van der Waals surface area contributed by atoms with E-state index in [1.807, 2.05) is 0 Å². The van der Waals surface area contributed by atoms with Crippen molar-refractivity contribution in [2.75, 3.05) is 18.5 Å². The molecule has 0 atom stereocenters. The molecule has 11 heteroatoms. The number of nitrogens with zero attached hydrogens (tertiary/aromatic N) is 4. The minimum Gasteiger partial charge on any atom is -0.400 e. The molecule has 1 N–H and O–H groups in total. The van der Waals surface area contributed by atoms with E-state index in [0.29, 0.717) is 18.9 Å². The molecule has 134 valence electrons. The zero-order valence-corrected chi connectivity index (χ0v) is 14.4. The number of hydrazone groups is 1. The first-order valence-corrected chi connectivity index (χ1v) is 8.82. The number of hydrogen-bond acceptors (Lipinski definition) is 8. The van der Waals surface area contributed by atoms with E-state index in [1.54, 1.807) is 13.8 Å². The molecule has 10 nitrogen and oxygen atoms in total. The molecule has 25 heavy (non-hydrogen) atoms. The lowest BCUT2D eigenvalue weighted by molar-refractivity contribution is -0.402. The maximum Gasteiger partial charge on any atom is 0.433 e. The number of pyridine rings is 1. The molecule has 0 saturated carbocycles. The zero-order valence-electron chi connectivity index (χ0n) is 13.6. The van der Waals surface area contributed by atoms with Gasteiger partial charge in [0, 0.05) is 19.3 Å². The highest BCUT2D eigenvalue weighted by Crippen LogP contribution is 2.16. The van der Waals surface area contributed by atoms with Crippen LogP contribution >= 0.6 is 0 Å². The smallest absolute Gasteiger partial charge is 0.400 e. The molecule has 0 unspecified atom stereocenters. The molecular weight excluding hydrogens is 350 g/mol. The minimum atomic E-state index is -3.56. The second-order valence-electron chi connectivity index (χ2n) is 4.77. The maximum atomic E-state index is 12.3. The van der Waals surface area contributed by atoms with Gasteiger partial charge >= 0.3 is 5.88 Å². The Morgan fingerprint density at radius 3 is 2.56 bits per heavy atom. The van der Waals surface area contributed by atoms with Crippen LogP contribution in [0.5, 0.6) is 0 Å². The molecular formula is C14H17N5O5S. The van der Waals surface area contributed by atoms with Crippen LogP contribution in [0.15, 0.2) is 44.9 Å². The molecule has 0 amide bonds. The Morgan fingerprint density at radius 2 is 2.04 bits per heavy atom. The Bertz CT molecular complexity index is 856. The van der Waals surface area contributed by atoms with Crippen LogP contribution in [0, 0.1) is 10.1 Å². The summed E-state index contributed by atoms with van der Waals surface area (Å²) in [5, 5.41) is 14.3. The predicted octanol–water partition coefficient (Wildman–Crippen LogP) is 2.06. The van der Waals surface area contributed by atoms with Gasteiger partial charge in [-0.3, -0.25) is 15.5 Å². The summed E-state index contributed by atoms with van der Waals surface area (Å²) in [6, 6.07) is 5.51. The van der Waals surface area contributed by atoms with Crippen LogP contribution in [0.3, 0.4) is 0 Å². The number of hydrogen-bond donors (Lipinski definition) is 1. The van der Waals surface area contributed by atoms with E-state index in [1.165, 1.54) is 41.0 Å². The van der Waals surface area contributed by atoms with Crippen molar-refractivity contribution in [1.82, 2.24) is 9.29 Å². The van der Waals surface area contributed by atoms with E-state index in [4.69, 9.17) is 4.42 Å². The molecule has 0 spiro atoms. The second-order valence-corrected chi connectivity index (χ2v) is 6.71. The third-order valence-electron chi connectivity index (χ3n) is 3.24. The summed E-state index contributed by atoms with van der Waals surface area (Å²) in [6.07, 6.45) is 2.48. The Balaban J connectivity index is 2.05. The highest BCUT2D eigenvalue weighted by molar-refractivity contribution is 7.89. The van der Waals surface area contributed by atoms with Gasteiger partial charge in [-0.25, -0.2) is 13.4 Å². The van der Waals surface area contributed by atoms with Crippen LogP contribution in [0.2, 0.25) is 0 Å². The molecule has 2 heterocycles. The topological polar surface area (TPSA) is 131 Å². The van der Waals surface area contributed by atoms with E-state index >= 15 is 0 Å². The monoisotopic (exact) mass is 367 g/mol. The molecule has 0 bridgehead atoms. The molecule has 0 radical (unpaired) electrons. The fourth-order valence-electron chi connectivity index (χ4n) is 1.98. The van der Waals surface area contributed by atoms with Gasteiger partial charge in [0.2, 0.25) is 10.0 Å². The van der Waals surface area contributed by atoms with Crippen molar-refractivity contribution in [3.8, 4) is 0 Å². The summed E-state index contributed by atoms with van der Waals surface area (Å²) >= 11 is 0. The van der Waals surface area contributed by atoms with Crippen molar-refractivity contribution >= 4 is 27.9 Å².